The minimum Gasteiger partial charge on any atom is -0.322 e. The molecule has 0 aliphatic carbocycles. The Labute approximate surface area is 165 Å². The topological polar surface area (TPSA) is 75.3 Å². The molecule has 3 aromatic carbocycles. The molecule has 0 unspecified atom stereocenters. The number of amides is 1. The van der Waals surface area contributed by atoms with Gasteiger partial charge in [0.05, 0.1) is 15.5 Å². The highest BCUT2D eigenvalue weighted by atomic mass is 35.5. The Morgan fingerprint density at radius 1 is 0.821 bits per heavy atom. The summed E-state index contributed by atoms with van der Waals surface area (Å²) in [5.41, 5.74) is 0.404. The van der Waals surface area contributed by atoms with Gasteiger partial charge in [-0.2, -0.15) is 0 Å². The van der Waals surface area contributed by atoms with Crippen molar-refractivity contribution in [2.45, 2.75) is 4.90 Å². The molecular formula is C19H13ClF2N2O3S. The molecule has 0 heterocycles. The lowest BCUT2D eigenvalue weighted by atomic mass is 10.2. The lowest BCUT2D eigenvalue weighted by Crippen LogP contribution is -2.16. The van der Waals surface area contributed by atoms with E-state index in [9.17, 15) is 22.0 Å². The van der Waals surface area contributed by atoms with Crippen molar-refractivity contribution < 1.29 is 22.0 Å². The Morgan fingerprint density at radius 3 is 1.93 bits per heavy atom. The molecular weight excluding hydrogens is 410 g/mol. The van der Waals surface area contributed by atoms with E-state index < -0.39 is 27.6 Å². The van der Waals surface area contributed by atoms with Gasteiger partial charge in [-0.05, 0) is 66.7 Å². The van der Waals surface area contributed by atoms with E-state index in [1.165, 1.54) is 48.5 Å². The summed E-state index contributed by atoms with van der Waals surface area (Å²) >= 11 is 6.03. The number of carbonyl (C=O) groups excluding carboxylic acids is 1. The Hall–Kier alpha value is -2.97. The molecule has 0 bridgehead atoms. The fourth-order valence-electron chi connectivity index (χ4n) is 2.31. The lowest BCUT2D eigenvalue weighted by molar-refractivity contribution is 0.102. The van der Waals surface area contributed by atoms with Crippen molar-refractivity contribution in [3.8, 4) is 0 Å². The molecule has 0 atom stereocenters. The van der Waals surface area contributed by atoms with Crippen molar-refractivity contribution in [1.82, 2.24) is 0 Å². The number of hydrogen-bond donors (Lipinski definition) is 2. The summed E-state index contributed by atoms with van der Waals surface area (Å²) < 4.78 is 53.3. The fraction of sp³-hybridized carbons (Fsp3) is 0. The lowest BCUT2D eigenvalue weighted by Gasteiger charge is -2.11. The minimum atomic E-state index is -4.04. The van der Waals surface area contributed by atoms with Gasteiger partial charge in [0.2, 0.25) is 0 Å². The predicted octanol–water partition coefficient (Wildman–Crippen LogP) is 4.67. The van der Waals surface area contributed by atoms with Crippen LogP contribution < -0.4 is 10.0 Å². The number of halogens is 3. The first-order valence-corrected chi connectivity index (χ1v) is 9.75. The monoisotopic (exact) mass is 422 g/mol. The maximum Gasteiger partial charge on any atom is 0.261 e. The second-order valence-electron chi connectivity index (χ2n) is 5.72. The molecule has 5 nitrogen and oxygen atoms in total. The number of hydrogen-bond acceptors (Lipinski definition) is 3. The van der Waals surface area contributed by atoms with E-state index in [-0.39, 0.29) is 21.2 Å². The molecule has 2 N–H and O–H groups in total. The number of carbonyl (C=O) groups is 1. The Kier molecular flexibility index (Phi) is 5.62. The van der Waals surface area contributed by atoms with E-state index in [2.05, 4.69) is 10.0 Å². The summed E-state index contributed by atoms with van der Waals surface area (Å²) in [6.07, 6.45) is 0. The first-order chi connectivity index (χ1) is 13.2. The summed E-state index contributed by atoms with van der Waals surface area (Å²) in [7, 11) is -4.04. The zero-order valence-corrected chi connectivity index (χ0v) is 15.7. The van der Waals surface area contributed by atoms with Gasteiger partial charge in [0.25, 0.3) is 15.9 Å². The van der Waals surface area contributed by atoms with E-state index >= 15 is 0 Å². The molecule has 1 amide bonds. The molecule has 0 saturated carbocycles. The molecule has 0 aliphatic rings. The molecule has 0 fully saturated rings. The normalized spacial score (nSPS) is 11.1. The summed E-state index contributed by atoms with van der Waals surface area (Å²) in [5, 5.41) is 2.56. The van der Waals surface area contributed by atoms with Gasteiger partial charge >= 0.3 is 0 Å². The predicted molar refractivity (Wildman–Crippen MR) is 103 cm³/mol. The van der Waals surface area contributed by atoms with Crippen LogP contribution in [0.3, 0.4) is 0 Å². The van der Waals surface area contributed by atoms with Gasteiger partial charge in [0.1, 0.15) is 11.6 Å². The Bertz CT molecular complexity index is 1120. The Balaban J connectivity index is 1.86. The molecule has 0 saturated heterocycles. The standard InChI is InChI=1S/C19H13ClF2N2O3S/c20-18-10-9-16(28(26,27)24-15-7-3-13(22)4-8-15)11-17(18)19(25)23-14-5-1-12(21)2-6-14/h1-11,24H,(H,23,25). The zero-order chi connectivity index (χ0) is 20.3. The summed E-state index contributed by atoms with van der Waals surface area (Å²) in [5.74, 6) is -1.62. The second-order valence-corrected chi connectivity index (χ2v) is 7.80. The molecule has 0 aliphatic heterocycles. The molecule has 0 aromatic heterocycles. The van der Waals surface area contributed by atoms with Gasteiger partial charge in [0, 0.05) is 11.4 Å². The van der Waals surface area contributed by atoms with E-state index in [1.54, 1.807) is 0 Å². The first kappa shape index (κ1) is 19.8. The van der Waals surface area contributed by atoms with E-state index in [0.29, 0.717) is 5.69 Å². The molecule has 3 aromatic rings. The number of rotatable bonds is 5. The average molecular weight is 423 g/mol. The van der Waals surface area contributed by atoms with Gasteiger partial charge in [0.15, 0.2) is 0 Å². The van der Waals surface area contributed by atoms with Crippen molar-refractivity contribution in [2.75, 3.05) is 10.0 Å². The van der Waals surface area contributed by atoms with Crippen LogP contribution in [0.2, 0.25) is 5.02 Å². The zero-order valence-electron chi connectivity index (χ0n) is 14.1. The third-order valence-electron chi connectivity index (χ3n) is 3.69. The van der Waals surface area contributed by atoms with Crippen molar-refractivity contribution in [3.05, 3.63) is 89.0 Å². The van der Waals surface area contributed by atoms with E-state index in [1.807, 2.05) is 0 Å². The minimum absolute atomic E-state index is 0.0420. The van der Waals surface area contributed by atoms with Gasteiger partial charge in [-0.1, -0.05) is 11.6 Å². The van der Waals surface area contributed by atoms with Crippen molar-refractivity contribution >= 4 is 38.9 Å². The van der Waals surface area contributed by atoms with Crippen LogP contribution in [-0.2, 0) is 10.0 Å². The third kappa shape index (κ3) is 4.65. The fourth-order valence-corrected chi connectivity index (χ4v) is 3.60. The highest BCUT2D eigenvalue weighted by Gasteiger charge is 2.19. The Morgan fingerprint density at radius 2 is 1.36 bits per heavy atom. The van der Waals surface area contributed by atoms with E-state index in [4.69, 9.17) is 11.6 Å². The molecule has 9 heteroatoms. The summed E-state index contributed by atoms with van der Waals surface area (Å²) in [4.78, 5) is 12.2. The van der Waals surface area contributed by atoms with Crippen LogP contribution in [-0.4, -0.2) is 14.3 Å². The second kappa shape index (κ2) is 7.95. The van der Waals surface area contributed by atoms with Crippen LogP contribution in [0, 0.1) is 11.6 Å². The maximum absolute atomic E-state index is 13.0. The molecule has 0 spiro atoms. The van der Waals surface area contributed by atoms with Crippen molar-refractivity contribution in [3.63, 3.8) is 0 Å². The SMILES string of the molecule is O=C(Nc1ccc(F)cc1)c1cc(S(=O)(=O)Nc2ccc(F)cc2)ccc1Cl. The van der Waals surface area contributed by atoms with Crippen LogP contribution in [0.25, 0.3) is 0 Å². The van der Waals surface area contributed by atoms with Crippen molar-refractivity contribution in [1.29, 1.82) is 0 Å². The number of sulfonamides is 1. The molecule has 28 heavy (non-hydrogen) atoms. The average Bonchev–Trinajstić information content (AvgIpc) is 2.65. The summed E-state index contributed by atoms with van der Waals surface area (Å²) in [6.45, 7) is 0. The van der Waals surface area contributed by atoms with Crippen LogP contribution in [0.1, 0.15) is 10.4 Å². The number of anilines is 2. The van der Waals surface area contributed by atoms with Crippen LogP contribution in [0.15, 0.2) is 71.6 Å². The van der Waals surface area contributed by atoms with Crippen LogP contribution >= 0.6 is 11.6 Å². The highest BCUT2D eigenvalue weighted by Crippen LogP contribution is 2.24. The smallest absolute Gasteiger partial charge is 0.261 e. The van der Waals surface area contributed by atoms with Crippen LogP contribution in [0.4, 0.5) is 20.2 Å². The van der Waals surface area contributed by atoms with Gasteiger partial charge in [-0.15, -0.1) is 0 Å². The van der Waals surface area contributed by atoms with Crippen molar-refractivity contribution in [2.24, 2.45) is 0 Å². The third-order valence-corrected chi connectivity index (χ3v) is 5.40. The maximum atomic E-state index is 13.0. The van der Waals surface area contributed by atoms with E-state index in [0.717, 1.165) is 18.2 Å². The van der Waals surface area contributed by atoms with Crippen LogP contribution in [0.5, 0.6) is 0 Å². The first-order valence-electron chi connectivity index (χ1n) is 7.89. The van der Waals surface area contributed by atoms with Gasteiger partial charge in [-0.25, -0.2) is 17.2 Å². The van der Waals surface area contributed by atoms with Gasteiger partial charge < -0.3 is 5.32 Å². The number of nitrogens with one attached hydrogen (secondary N) is 2. The van der Waals surface area contributed by atoms with Gasteiger partial charge in [-0.3, -0.25) is 9.52 Å². The molecule has 3 rings (SSSR count). The summed E-state index contributed by atoms with van der Waals surface area (Å²) in [6, 6.07) is 13.5. The quantitative estimate of drug-likeness (QED) is 0.627. The highest BCUT2D eigenvalue weighted by molar-refractivity contribution is 7.92. The molecule has 0 radical (unpaired) electrons. The number of benzene rings is 3. The largest absolute Gasteiger partial charge is 0.322 e. The molecule has 144 valence electrons.